The largest absolute Gasteiger partial charge is 0.465 e. The van der Waals surface area contributed by atoms with Gasteiger partial charge in [-0.3, -0.25) is 0 Å². The van der Waals surface area contributed by atoms with E-state index in [1.54, 1.807) is 0 Å². The van der Waals surface area contributed by atoms with Gasteiger partial charge in [0.05, 0.1) is 22.7 Å². The third kappa shape index (κ3) is 3.29. The number of rotatable bonds is 4. The van der Waals surface area contributed by atoms with Gasteiger partial charge in [-0.05, 0) is 42.1 Å². The van der Waals surface area contributed by atoms with Crippen molar-refractivity contribution in [2.75, 3.05) is 12.4 Å². The van der Waals surface area contributed by atoms with Crippen molar-refractivity contribution in [2.24, 2.45) is 0 Å². The second-order valence-electron chi connectivity index (χ2n) is 4.23. The number of hydrogen-bond donors (Lipinski definition) is 1. The van der Waals surface area contributed by atoms with Crippen LogP contribution in [-0.4, -0.2) is 13.1 Å². The summed E-state index contributed by atoms with van der Waals surface area (Å²) in [6.45, 7) is 1.91. The topological polar surface area (TPSA) is 38.3 Å². The van der Waals surface area contributed by atoms with E-state index in [-0.39, 0.29) is 6.04 Å². The van der Waals surface area contributed by atoms with Crippen LogP contribution >= 0.6 is 22.9 Å². The molecule has 106 valence electrons. The summed E-state index contributed by atoms with van der Waals surface area (Å²) in [5.41, 5.74) is 1.66. The van der Waals surface area contributed by atoms with Gasteiger partial charge in [0.2, 0.25) is 0 Å². The molecule has 0 aliphatic rings. The minimum Gasteiger partial charge on any atom is -0.465 e. The number of halogens is 2. The highest BCUT2D eigenvalue weighted by Gasteiger charge is 2.15. The number of nitrogens with one attached hydrogen (secondary N) is 1. The van der Waals surface area contributed by atoms with Crippen LogP contribution in [0.2, 0.25) is 4.34 Å². The number of carbonyl (C=O) groups is 1. The van der Waals surface area contributed by atoms with Gasteiger partial charge in [0.15, 0.2) is 0 Å². The zero-order valence-electron chi connectivity index (χ0n) is 10.9. The molecule has 1 aromatic heterocycles. The van der Waals surface area contributed by atoms with E-state index in [0.717, 1.165) is 5.56 Å². The molecule has 0 aliphatic carbocycles. The molecule has 20 heavy (non-hydrogen) atoms. The van der Waals surface area contributed by atoms with Crippen LogP contribution in [0.25, 0.3) is 0 Å². The van der Waals surface area contributed by atoms with E-state index in [9.17, 15) is 9.18 Å². The standard InChI is InChI=1S/C14H13ClFNO2S/c1-8(9-5-13(15)20-7-9)17-12-6-10(16)3-4-11(12)14(18)19-2/h3-8,17H,1-2H3. The molecular weight excluding hydrogens is 301 g/mol. The molecule has 1 heterocycles. The van der Waals surface area contributed by atoms with E-state index < -0.39 is 11.8 Å². The predicted octanol–water partition coefficient (Wildman–Crippen LogP) is 4.50. The van der Waals surface area contributed by atoms with Crippen LogP contribution < -0.4 is 5.32 Å². The lowest BCUT2D eigenvalue weighted by Crippen LogP contribution is -2.11. The van der Waals surface area contributed by atoms with Crippen molar-refractivity contribution in [3.8, 4) is 0 Å². The van der Waals surface area contributed by atoms with Crippen LogP contribution in [0.5, 0.6) is 0 Å². The number of benzene rings is 1. The molecule has 3 nitrogen and oxygen atoms in total. The Bertz CT molecular complexity index is 629. The monoisotopic (exact) mass is 313 g/mol. The molecule has 6 heteroatoms. The van der Waals surface area contributed by atoms with Crippen LogP contribution in [0.15, 0.2) is 29.6 Å². The maximum atomic E-state index is 13.4. The average molecular weight is 314 g/mol. The predicted molar refractivity (Wildman–Crippen MR) is 79.1 cm³/mol. The third-order valence-electron chi connectivity index (χ3n) is 2.85. The second-order valence-corrected chi connectivity index (χ2v) is 5.77. The van der Waals surface area contributed by atoms with Gasteiger partial charge in [-0.25, -0.2) is 9.18 Å². The van der Waals surface area contributed by atoms with Gasteiger partial charge in [0.1, 0.15) is 5.82 Å². The van der Waals surface area contributed by atoms with Gasteiger partial charge in [-0.1, -0.05) is 11.6 Å². The number of hydrogen-bond acceptors (Lipinski definition) is 4. The second kappa shape index (κ2) is 6.24. The van der Waals surface area contributed by atoms with Crippen molar-refractivity contribution in [1.82, 2.24) is 0 Å². The minimum absolute atomic E-state index is 0.107. The molecule has 2 rings (SSSR count). The molecule has 0 spiro atoms. The van der Waals surface area contributed by atoms with Gasteiger partial charge in [0, 0.05) is 6.04 Å². The zero-order valence-corrected chi connectivity index (χ0v) is 12.5. The van der Waals surface area contributed by atoms with Crippen molar-refractivity contribution >= 4 is 34.6 Å². The van der Waals surface area contributed by atoms with Gasteiger partial charge >= 0.3 is 5.97 Å². The first kappa shape index (κ1) is 14.8. The molecule has 1 N–H and O–H groups in total. The Hall–Kier alpha value is -1.59. The fourth-order valence-corrected chi connectivity index (χ4v) is 2.78. The van der Waals surface area contributed by atoms with Crippen molar-refractivity contribution < 1.29 is 13.9 Å². The summed E-state index contributed by atoms with van der Waals surface area (Å²) in [6, 6.07) is 5.63. The molecule has 2 aromatic rings. The van der Waals surface area contributed by atoms with E-state index in [1.165, 1.54) is 36.6 Å². The summed E-state index contributed by atoms with van der Waals surface area (Å²) in [6.07, 6.45) is 0. The molecule has 0 radical (unpaired) electrons. The van der Waals surface area contributed by atoms with Crippen molar-refractivity contribution in [2.45, 2.75) is 13.0 Å². The Labute approximate surface area is 125 Å². The lowest BCUT2D eigenvalue weighted by Gasteiger charge is -2.16. The fourth-order valence-electron chi connectivity index (χ4n) is 1.79. The van der Waals surface area contributed by atoms with Gasteiger partial charge in [0.25, 0.3) is 0 Å². The molecule has 1 unspecified atom stereocenters. The van der Waals surface area contributed by atoms with Crippen LogP contribution in [0.4, 0.5) is 10.1 Å². The third-order valence-corrected chi connectivity index (χ3v) is 3.96. The van der Waals surface area contributed by atoms with E-state index >= 15 is 0 Å². The van der Waals surface area contributed by atoms with Crippen molar-refractivity contribution in [3.05, 3.63) is 50.9 Å². The molecule has 0 saturated carbocycles. The number of methoxy groups -OCH3 is 1. The van der Waals surface area contributed by atoms with Crippen molar-refractivity contribution in [3.63, 3.8) is 0 Å². The summed E-state index contributed by atoms with van der Waals surface area (Å²) < 4.78 is 18.7. The van der Waals surface area contributed by atoms with Gasteiger partial charge < -0.3 is 10.1 Å². The molecular formula is C14H13ClFNO2S. The smallest absolute Gasteiger partial charge is 0.339 e. The Morgan fingerprint density at radius 2 is 2.20 bits per heavy atom. The highest BCUT2D eigenvalue weighted by atomic mass is 35.5. The number of anilines is 1. The Balaban J connectivity index is 2.28. The Morgan fingerprint density at radius 1 is 1.45 bits per heavy atom. The summed E-state index contributed by atoms with van der Waals surface area (Å²) in [4.78, 5) is 11.7. The Morgan fingerprint density at radius 3 is 2.80 bits per heavy atom. The van der Waals surface area contributed by atoms with E-state index in [0.29, 0.717) is 15.6 Å². The molecule has 0 bridgehead atoms. The quantitative estimate of drug-likeness (QED) is 0.845. The first-order valence-corrected chi connectivity index (χ1v) is 7.15. The maximum absolute atomic E-state index is 13.4. The van der Waals surface area contributed by atoms with Crippen LogP contribution in [0.3, 0.4) is 0 Å². The lowest BCUT2D eigenvalue weighted by atomic mass is 10.1. The van der Waals surface area contributed by atoms with E-state index in [2.05, 4.69) is 10.1 Å². The first-order valence-electron chi connectivity index (χ1n) is 5.89. The number of ether oxygens (including phenoxy) is 1. The van der Waals surface area contributed by atoms with Gasteiger partial charge in [-0.2, -0.15) is 0 Å². The first-order chi connectivity index (χ1) is 9.51. The van der Waals surface area contributed by atoms with Crippen LogP contribution in [0, 0.1) is 5.82 Å². The highest BCUT2D eigenvalue weighted by Crippen LogP contribution is 2.28. The zero-order chi connectivity index (χ0) is 14.7. The molecule has 0 aliphatic heterocycles. The minimum atomic E-state index is -0.511. The normalized spacial score (nSPS) is 12.0. The summed E-state index contributed by atoms with van der Waals surface area (Å²) in [5, 5.41) is 5.02. The molecule has 0 amide bonds. The van der Waals surface area contributed by atoms with Crippen LogP contribution in [0.1, 0.15) is 28.9 Å². The van der Waals surface area contributed by atoms with Crippen molar-refractivity contribution in [1.29, 1.82) is 0 Å². The average Bonchev–Trinajstić information content (AvgIpc) is 2.85. The Kier molecular flexibility index (Phi) is 4.62. The molecule has 1 atom stereocenters. The lowest BCUT2D eigenvalue weighted by molar-refractivity contribution is 0.0601. The van der Waals surface area contributed by atoms with Crippen LogP contribution in [-0.2, 0) is 4.74 Å². The number of esters is 1. The van der Waals surface area contributed by atoms with E-state index in [1.807, 2.05) is 18.4 Å². The number of carbonyl (C=O) groups excluding carboxylic acids is 1. The summed E-state index contributed by atoms with van der Waals surface area (Å²) in [5.74, 6) is -0.932. The molecule has 1 aromatic carbocycles. The maximum Gasteiger partial charge on any atom is 0.339 e. The summed E-state index contributed by atoms with van der Waals surface area (Å²) in [7, 11) is 1.29. The fraction of sp³-hybridized carbons (Fsp3) is 0.214. The number of thiophene rings is 1. The molecule has 0 fully saturated rings. The highest BCUT2D eigenvalue weighted by molar-refractivity contribution is 7.14. The SMILES string of the molecule is COC(=O)c1ccc(F)cc1NC(C)c1csc(Cl)c1. The van der Waals surface area contributed by atoms with E-state index in [4.69, 9.17) is 11.6 Å². The summed E-state index contributed by atoms with van der Waals surface area (Å²) >= 11 is 7.31. The van der Waals surface area contributed by atoms with Gasteiger partial charge in [-0.15, -0.1) is 11.3 Å². The molecule has 0 saturated heterocycles.